The van der Waals surface area contributed by atoms with Gasteiger partial charge in [0.25, 0.3) is 0 Å². The largest absolute Gasteiger partial charge is 0.372 e. The van der Waals surface area contributed by atoms with Crippen LogP contribution < -0.4 is 11.6 Å². The number of hydrogen-bond acceptors (Lipinski definition) is 4. The van der Waals surface area contributed by atoms with E-state index in [9.17, 15) is 4.79 Å². The first-order chi connectivity index (χ1) is 4.04. The summed E-state index contributed by atoms with van der Waals surface area (Å²) >= 11 is 0. The molecule has 5 heteroatoms. The van der Waals surface area contributed by atoms with Crippen LogP contribution in [0, 0.1) is 0 Å². The van der Waals surface area contributed by atoms with Crippen LogP contribution in [0.2, 0.25) is 0 Å². The number of hydrogen-bond donors (Lipinski definition) is 2. The molecule has 0 saturated carbocycles. The maximum atomic E-state index is 10.6. The van der Waals surface area contributed by atoms with Crippen molar-refractivity contribution in [1.82, 2.24) is 0 Å². The second-order valence-corrected chi connectivity index (χ2v) is 2.18. The fraction of sp³-hybridized carbons (Fsp3) is 0.800. The molecule has 4 N–H and O–H groups in total. The van der Waals surface area contributed by atoms with Gasteiger partial charge in [0.2, 0.25) is 0 Å². The quantitative estimate of drug-likeness (QED) is 0.567. The highest BCUT2D eigenvalue weighted by atomic mass is 35.5. The molecule has 0 heterocycles. The molecule has 0 saturated heterocycles. The molecule has 0 aliphatic carbocycles. The fourth-order valence-corrected chi connectivity index (χ4v) is 0.279. The van der Waals surface area contributed by atoms with Crippen LogP contribution in [0.25, 0.3) is 0 Å². The van der Waals surface area contributed by atoms with Crippen molar-refractivity contribution < 1.29 is 9.63 Å². The van der Waals surface area contributed by atoms with Gasteiger partial charge in [0.05, 0.1) is 0 Å². The van der Waals surface area contributed by atoms with E-state index in [1.54, 1.807) is 13.8 Å². The van der Waals surface area contributed by atoms with Gasteiger partial charge in [-0.15, -0.1) is 12.4 Å². The van der Waals surface area contributed by atoms with Gasteiger partial charge in [-0.1, -0.05) is 6.92 Å². The lowest BCUT2D eigenvalue weighted by Gasteiger charge is -2.17. The third-order valence-corrected chi connectivity index (χ3v) is 1.31. The Kier molecular flexibility index (Phi) is 5.55. The van der Waals surface area contributed by atoms with E-state index < -0.39 is 11.5 Å². The summed E-state index contributed by atoms with van der Waals surface area (Å²) < 4.78 is 0. The average molecular weight is 169 g/mol. The molecule has 4 nitrogen and oxygen atoms in total. The van der Waals surface area contributed by atoms with Crippen LogP contribution >= 0.6 is 12.4 Å². The number of carbonyl (C=O) groups excluding carboxylic acids is 1. The van der Waals surface area contributed by atoms with Crippen molar-refractivity contribution in [1.29, 1.82) is 0 Å². The zero-order chi connectivity index (χ0) is 7.49. The van der Waals surface area contributed by atoms with Crippen molar-refractivity contribution >= 4 is 18.4 Å². The lowest BCUT2D eigenvalue weighted by Crippen LogP contribution is -2.46. The van der Waals surface area contributed by atoms with E-state index in [0.717, 1.165) is 0 Å². The van der Waals surface area contributed by atoms with Crippen LogP contribution in [0.5, 0.6) is 0 Å². The van der Waals surface area contributed by atoms with Crippen molar-refractivity contribution in [3.05, 3.63) is 0 Å². The number of carbonyl (C=O) groups is 1. The Morgan fingerprint density at radius 3 is 2.20 bits per heavy atom. The highest BCUT2D eigenvalue weighted by Gasteiger charge is 2.27. The molecule has 0 aromatic carbocycles. The molecule has 1 atom stereocenters. The molecule has 0 fully saturated rings. The topological polar surface area (TPSA) is 78.3 Å². The molecule has 0 aliphatic heterocycles. The second-order valence-electron chi connectivity index (χ2n) is 2.18. The zero-order valence-electron chi connectivity index (χ0n) is 6.09. The summed E-state index contributed by atoms with van der Waals surface area (Å²) in [5, 5.41) is 0. The summed E-state index contributed by atoms with van der Waals surface area (Å²) in [5.41, 5.74) is 4.48. The summed E-state index contributed by atoms with van der Waals surface area (Å²) in [4.78, 5) is 14.5. The molecule has 0 rings (SSSR count). The standard InChI is InChI=1S/C5H12N2O2.ClH/c1-3-5(2,6)4(8)9-7;/h3,6-7H2,1-2H3;1H. The van der Waals surface area contributed by atoms with E-state index >= 15 is 0 Å². The molecule has 0 radical (unpaired) electrons. The van der Waals surface area contributed by atoms with E-state index in [1.165, 1.54) is 0 Å². The predicted molar refractivity (Wildman–Crippen MR) is 40.4 cm³/mol. The monoisotopic (exact) mass is 168 g/mol. The molecule has 0 aromatic rings. The van der Waals surface area contributed by atoms with Crippen LogP contribution in [-0.4, -0.2) is 11.5 Å². The molecule has 0 spiro atoms. The Balaban J connectivity index is 0. The molecule has 10 heavy (non-hydrogen) atoms. The number of halogens is 1. The SMILES string of the molecule is CCC(C)(N)C(=O)ON.Cl. The smallest absolute Gasteiger partial charge is 0.344 e. The van der Waals surface area contributed by atoms with Gasteiger partial charge in [-0.05, 0) is 13.3 Å². The van der Waals surface area contributed by atoms with Gasteiger partial charge in [-0.2, -0.15) is 5.90 Å². The van der Waals surface area contributed by atoms with E-state index in [0.29, 0.717) is 6.42 Å². The molecular weight excluding hydrogens is 156 g/mol. The maximum Gasteiger partial charge on any atom is 0.344 e. The van der Waals surface area contributed by atoms with Gasteiger partial charge < -0.3 is 10.6 Å². The van der Waals surface area contributed by atoms with E-state index in [-0.39, 0.29) is 12.4 Å². The Bertz CT molecular complexity index is 116. The van der Waals surface area contributed by atoms with Crippen molar-refractivity contribution in [2.75, 3.05) is 0 Å². The van der Waals surface area contributed by atoms with Gasteiger partial charge in [0.15, 0.2) is 0 Å². The van der Waals surface area contributed by atoms with Gasteiger partial charge in [0.1, 0.15) is 5.54 Å². The molecular formula is C5H13ClN2O2. The minimum Gasteiger partial charge on any atom is -0.372 e. The Morgan fingerprint density at radius 2 is 2.10 bits per heavy atom. The average Bonchev–Trinajstić information content (AvgIpc) is 1.86. The first-order valence-corrected chi connectivity index (χ1v) is 2.74. The highest BCUT2D eigenvalue weighted by molar-refractivity contribution is 5.85. The van der Waals surface area contributed by atoms with E-state index in [4.69, 9.17) is 5.73 Å². The Labute approximate surface area is 66.3 Å². The summed E-state index contributed by atoms with van der Waals surface area (Å²) in [5.74, 6) is 4.03. The van der Waals surface area contributed by atoms with Crippen LogP contribution in [-0.2, 0) is 9.63 Å². The number of rotatable bonds is 2. The molecule has 0 amide bonds. The Hall–Kier alpha value is -0.320. The summed E-state index contributed by atoms with van der Waals surface area (Å²) in [7, 11) is 0. The summed E-state index contributed by atoms with van der Waals surface area (Å²) in [6.45, 7) is 3.36. The molecule has 0 bridgehead atoms. The predicted octanol–water partition coefficient (Wildman–Crippen LogP) is -0.0475. The first-order valence-electron chi connectivity index (χ1n) is 2.74. The minimum absolute atomic E-state index is 0. The lowest BCUT2D eigenvalue weighted by atomic mass is 10.0. The van der Waals surface area contributed by atoms with Gasteiger partial charge in [-0.3, -0.25) is 0 Å². The van der Waals surface area contributed by atoms with E-state index in [2.05, 4.69) is 10.7 Å². The molecule has 0 aliphatic rings. The van der Waals surface area contributed by atoms with E-state index in [1.807, 2.05) is 0 Å². The zero-order valence-corrected chi connectivity index (χ0v) is 6.90. The molecule has 62 valence electrons. The first kappa shape index (κ1) is 12.4. The van der Waals surface area contributed by atoms with Gasteiger partial charge in [0, 0.05) is 0 Å². The molecule has 1 unspecified atom stereocenters. The third-order valence-electron chi connectivity index (χ3n) is 1.31. The van der Waals surface area contributed by atoms with Crippen LogP contribution in [0.4, 0.5) is 0 Å². The fourth-order valence-electron chi connectivity index (χ4n) is 0.279. The highest BCUT2D eigenvalue weighted by Crippen LogP contribution is 2.04. The van der Waals surface area contributed by atoms with Crippen molar-refractivity contribution in [3.8, 4) is 0 Å². The summed E-state index contributed by atoms with van der Waals surface area (Å²) in [6, 6.07) is 0. The summed E-state index contributed by atoms with van der Waals surface area (Å²) in [6.07, 6.45) is 0.517. The van der Waals surface area contributed by atoms with Crippen LogP contribution in [0.1, 0.15) is 20.3 Å². The maximum absolute atomic E-state index is 10.6. The number of nitrogens with two attached hydrogens (primary N) is 2. The second kappa shape index (κ2) is 4.49. The van der Waals surface area contributed by atoms with Crippen molar-refractivity contribution in [3.63, 3.8) is 0 Å². The van der Waals surface area contributed by atoms with Gasteiger partial charge >= 0.3 is 5.97 Å². The minimum atomic E-state index is -0.936. The lowest BCUT2D eigenvalue weighted by molar-refractivity contribution is -0.150. The van der Waals surface area contributed by atoms with Crippen LogP contribution in [0.15, 0.2) is 0 Å². The molecule has 0 aromatic heterocycles. The van der Waals surface area contributed by atoms with Gasteiger partial charge in [-0.25, -0.2) is 4.79 Å². The van der Waals surface area contributed by atoms with Crippen LogP contribution in [0.3, 0.4) is 0 Å². The van der Waals surface area contributed by atoms with Crippen molar-refractivity contribution in [2.24, 2.45) is 11.6 Å². The third kappa shape index (κ3) is 3.00. The Morgan fingerprint density at radius 1 is 1.70 bits per heavy atom. The van der Waals surface area contributed by atoms with Crippen molar-refractivity contribution in [2.45, 2.75) is 25.8 Å². The normalized spacial score (nSPS) is 14.8.